The maximum atomic E-state index is 12.7. The van der Waals surface area contributed by atoms with Crippen molar-refractivity contribution in [2.24, 2.45) is 16.5 Å². The van der Waals surface area contributed by atoms with Crippen LogP contribution in [0.25, 0.3) is 0 Å². The van der Waals surface area contributed by atoms with Gasteiger partial charge in [-0.05, 0) is 25.7 Å². The monoisotopic (exact) mass is 426 g/mol. The molecule has 0 aromatic heterocycles. The zero-order valence-electron chi connectivity index (χ0n) is 18.4. The van der Waals surface area contributed by atoms with Crippen LogP contribution in [0.1, 0.15) is 72.1 Å². The van der Waals surface area contributed by atoms with E-state index in [1.165, 1.54) is 6.92 Å². The van der Waals surface area contributed by atoms with Crippen LogP contribution in [0.2, 0.25) is 0 Å². The Bertz CT molecular complexity index is 578. The van der Waals surface area contributed by atoms with Gasteiger partial charge in [-0.25, -0.2) is 0 Å². The van der Waals surface area contributed by atoms with Crippen LogP contribution in [0.4, 0.5) is 0 Å². The zero-order valence-corrected chi connectivity index (χ0v) is 18.4. The zero-order chi connectivity index (χ0) is 22.9. The first-order valence-corrected chi connectivity index (χ1v) is 10.6. The summed E-state index contributed by atoms with van der Waals surface area (Å²) in [4.78, 5) is 52.0. The second-order valence-electron chi connectivity index (χ2n) is 7.30. The number of aldehydes is 1. The molecule has 0 aliphatic heterocycles. The number of unbranched alkanes of at least 4 members (excludes halogenated alkanes) is 2. The highest BCUT2D eigenvalue weighted by Gasteiger charge is 2.26. The number of nitrogens with zero attached hydrogens (tertiary/aromatic N) is 1. The van der Waals surface area contributed by atoms with Gasteiger partial charge in [-0.3, -0.25) is 19.4 Å². The van der Waals surface area contributed by atoms with Gasteiger partial charge in [0.25, 0.3) is 0 Å². The molecule has 10 nitrogen and oxygen atoms in total. The number of hydrogen-bond donors (Lipinski definition) is 5. The van der Waals surface area contributed by atoms with Gasteiger partial charge < -0.3 is 32.2 Å². The molecule has 0 spiro atoms. The Kier molecular flexibility index (Phi) is 14.8. The van der Waals surface area contributed by atoms with E-state index in [-0.39, 0.29) is 11.9 Å². The molecule has 0 heterocycles. The van der Waals surface area contributed by atoms with E-state index in [9.17, 15) is 19.2 Å². The average Bonchev–Trinajstić information content (AvgIpc) is 2.69. The van der Waals surface area contributed by atoms with Gasteiger partial charge in [0.15, 0.2) is 5.96 Å². The van der Waals surface area contributed by atoms with E-state index in [1.807, 2.05) is 13.8 Å². The van der Waals surface area contributed by atoms with Crippen LogP contribution in [-0.4, -0.2) is 54.6 Å². The first-order valence-electron chi connectivity index (χ1n) is 10.6. The Hall–Kier alpha value is -2.65. The van der Waals surface area contributed by atoms with Gasteiger partial charge >= 0.3 is 0 Å². The van der Waals surface area contributed by atoms with Crippen LogP contribution in [0, 0.1) is 0 Å². The SMILES string of the molecule is CCCC[C@H](NC(C)=O)C(=O)N[C@@H](CCCC)C(=O)N[C@H](C=O)CCCN=C(N)N. The number of hydrogen-bond acceptors (Lipinski definition) is 5. The third kappa shape index (κ3) is 12.7. The van der Waals surface area contributed by atoms with E-state index < -0.39 is 29.9 Å². The summed E-state index contributed by atoms with van der Waals surface area (Å²) >= 11 is 0. The van der Waals surface area contributed by atoms with Gasteiger partial charge in [-0.2, -0.15) is 0 Å². The number of guanidine groups is 1. The molecule has 10 heteroatoms. The van der Waals surface area contributed by atoms with Crippen LogP contribution in [0.15, 0.2) is 4.99 Å². The minimum Gasteiger partial charge on any atom is -0.370 e. The highest BCUT2D eigenvalue weighted by atomic mass is 16.2. The normalized spacial score (nSPS) is 13.4. The van der Waals surface area contributed by atoms with Crippen molar-refractivity contribution >= 4 is 30.0 Å². The van der Waals surface area contributed by atoms with E-state index in [0.29, 0.717) is 38.5 Å². The summed E-state index contributed by atoms with van der Waals surface area (Å²) in [5, 5.41) is 8.05. The molecule has 0 fully saturated rings. The third-order valence-corrected chi connectivity index (χ3v) is 4.48. The predicted molar refractivity (Wildman–Crippen MR) is 116 cm³/mol. The topological polar surface area (TPSA) is 169 Å². The van der Waals surface area contributed by atoms with Gasteiger partial charge in [-0.1, -0.05) is 39.5 Å². The van der Waals surface area contributed by atoms with Gasteiger partial charge in [0.2, 0.25) is 17.7 Å². The number of aliphatic imine (C=N–C) groups is 1. The molecule has 0 saturated carbocycles. The number of rotatable bonds is 16. The second kappa shape index (κ2) is 16.2. The van der Waals surface area contributed by atoms with Crippen molar-refractivity contribution in [3.05, 3.63) is 0 Å². The molecule has 0 bridgehead atoms. The first-order chi connectivity index (χ1) is 14.2. The van der Waals surface area contributed by atoms with Crippen molar-refractivity contribution in [1.82, 2.24) is 16.0 Å². The smallest absolute Gasteiger partial charge is 0.243 e. The molecule has 30 heavy (non-hydrogen) atoms. The van der Waals surface area contributed by atoms with Crippen molar-refractivity contribution in [3.8, 4) is 0 Å². The molecule has 0 aliphatic rings. The lowest BCUT2D eigenvalue weighted by atomic mass is 10.1. The Morgan fingerprint density at radius 1 is 0.867 bits per heavy atom. The average molecular weight is 427 g/mol. The largest absolute Gasteiger partial charge is 0.370 e. The van der Waals surface area contributed by atoms with Crippen LogP contribution in [0.5, 0.6) is 0 Å². The lowest BCUT2D eigenvalue weighted by Crippen LogP contribution is -2.54. The minimum atomic E-state index is -0.782. The summed E-state index contributed by atoms with van der Waals surface area (Å²) in [6, 6.07) is -2.17. The summed E-state index contributed by atoms with van der Waals surface area (Å²) in [6.07, 6.45) is 5.72. The van der Waals surface area contributed by atoms with Gasteiger partial charge in [0.05, 0.1) is 6.04 Å². The molecule has 3 atom stereocenters. The van der Waals surface area contributed by atoms with E-state index in [2.05, 4.69) is 20.9 Å². The standard InChI is InChI=1S/C20H38N6O4/c1-4-6-10-16(24-14(3)28)19(30)26-17(11-7-5-2)18(29)25-15(13-27)9-8-12-23-20(21)22/h13,15-17H,4-12H2,1-3H3,(H,24,28)(H,25,29)(H,26,30)(H4,21,22,23)/t15-,16-,17-/m0/s1. The molecular weight excluding hydrogens is 388 g/mol. The van der Waals surface area contributed by atoms with Gasteiger partial charge in [0.1, 0.15) is 18.4 Å². The summed E-state index contributed by atoms with van der Waals surface area (Å²) in [6.45, 7) is 5.68. The number of amides is 3. The Morgan fingerprint density at radius 3 is 1.87 bits per heavy atom. The number of carbonyl (C=O) groups excluding carboxylic acids is 4. The fourth-order valence-corrected chi connectivity index (χ4v) is 2.85. The molecule has 0 aliphatic carbocycles. The molecule has 0 unspecified atom stereocenters. The summed E-state index contributed by atoms with van der Waals surface area (Å²) < 4.78 is 0. The third-order valence-electron chi connectivity index (χ3n) is 4.48. The van der Waals surface area contributed by atoms with Crippen molar-refractivity contribution in [1.29, 1.82) is 0 Å². The highest BCUT2D eigenvalue weighted by molar-refractivity contribution is 5.92. The number of carbonyl (C=O) groups is 4. The fourth-order valence-electron chi connectivity index (χ4n) is 2.85. The van der Waals surface area contributed by atoms with Crippen LogP contribution in [0.3, 0.4) is 0 Å². The lowest BCUT2D eigenvalue weighted by molar-refractivity contribution is -0.132. The second-order valence-corrected chi connectivity index (χ2v) is 7.30. The molecule has 0 aromatic rings. The van der Waals surface area contributed by atoms with Gasteiger partial charge in [0, 0.05) is 13.5 Å². The molecule has 3 amide bonds. The van der Waals surface area contributed by atoms with E-state index in [1.54, 1.807) is 0 Å². The van der Waals surface area contributed by atoms with Crippen molar-refractivity contribution < 1.29 is 19.2 Å². The minimum absolute atomic E-state index is 0.0270. The Morgan fingerprint density at radius 2 is 1.40 bits per heavy atom. The van der Waals surface area contributed by atoms with Gasteiger partial charge in [-0.15, -0.1) is 0 Å². The van der Waals surface area contributed by atoms with Crippen molar-refractivity contribution in [3.63, 3.8) is 0 Å². The maximum Gasteiger partial charge on any atom is 0.243 e. The summed E-state index contributed by atoms with van der Waals surface area (Å²) in [5.41, 5.74) is 10.5. The maximum absolute atomic E-state index is 12.7. The molecule has 0 radical (unpaired) electrons. The highest BCUT2D eigenvalue weighted by Crippen LogP contribution is 2.06. The molecule has 7 N–H and O–H groups in total. The molecular formula is C20H38N6O4. The van der Waals surface area contributed by atoms with E-state index >= 15 is 0 Å². The van der Waals surface area contributed by atoms with Crippen LogP contribution in [-0.2, 0) is 19.2 Å². The van der Waals surface area contributed by atoms with Crippen molar-refractivity contribution in [2.75, 3.05) is 6.54 Å². The van der Waals surface area contributed by atoms with Crippen LogP contribution < -0.4 is 27.4 Å². The molecule has 0 aromatic carbocycles. The quantitative estimate of drug-likeness (QED) is 0.101. The Labute approximate surface area is 179 Å². The fraction of sp³-hybridized carbons (Fsp3) is 0.750. The summed E-state index contributed by atoms with van der Waals surface area (Å²) in [5.74, 6) is -1.15. The molecule has 0 rings (SSSR count). The number of nitrogens with two attached hydrogens (primary N) is 2. The Balaban J connectivity index is 5.01. The summed E-state index contributed by atoms with van der Waals surface area (Å²) in [7, 11) is 0. The van der Waals surface area contributed by atoms with E-state index in [4.69, 9.17) is 11.5 Å². The lowest BCUT2D eigenvalue weighted by Gasteiger charge is -2.24. The predicted octanol–water partition coefficient (Wildman–Crippen LogP) is 0.0936. The van der Waals surface area contributed by atoms with E-state index in [0.717, 1.165) is 25.7 Å². The van der Waals surface area contributed by atoms with Crippen LogP contribution >= 0.6 is 0 Å². The molecule has 172 valence electrons. The first kappa shape index (κ1) is 27.4. The molecule has 0 saturated heterocycles. The number of nitrogens with one attached hydrogen (secondary N) is 3. The van der Waals surface area contributed by atoms with Crippen molar-refractivity contribution in [2.45, 2.75) is 90.3 Å².